The zero-order valence-corrected chi connectivity index (χ0v) is 8.05. The summed E-state index contributed by atoms with van der Waals surface area (Å²) in [4.78, 5) is 10.8. The minimum absolute atomic E-state index is 0.134. The van der Waals surface area contributed by atoms with Crippen molar-refractivity contribution in [1.82, 2.24) is 0 Å². The second kappa shape index (κ2) is 3.72. The standard InChI is InChI=1S/C8H18NO2/c1-7(9(2,3)4)6-8(10)11-5/h7H,6H2,1-5H3/q+1/t7-/m1/s1. The molecule has 0 amide bonds. The Hall–Kier alpha value is -0.570. The molecule has 0 spiro atoms. The van der Waals surface area contributed by atoms with Crippen LogP contribution in [0.1, 0.15) is 13.3 Å². The molecule has 0 radical (unpaired) electrons. The van der Waals surface area contributed by atoms with Gasteiger partial charge in [-0.1, -0.05) is 0 Å². The number of hydrogen-bond acceptors (Lipinski definition) is 2. The first-order chi connectivity index (χ1) is 4.88. The molecule has 11 heavy (non-hydrogen) atoms. The van der Waals surface area contributed by atoms with Gasteiger partial charge in [0.05, 0.1) is 40.7 Å². The highest BCUT2D eigenvalue weighted by Crippen LogP contribution is 2.06. The lowest BCUT2D eigenvalue weighted by Gasteiger charge is -2.30. The third-order valence-electron chi connectivity index (χ3n) is 2.01. The van der Waals surface area contributed by atoms with E-state index in [0.29, 0.717) is 12.5 Å². The molecular formula is C8H18NO2+. The molecule has 0 saturated carbocycles. The Bertz CT molecular complexity index is 138. The summed E-state index contributed by atoms with van der Waals surface area (Å²) in [5.41, 5.74) is 0. The maximum absolute atomic E-state index is 10.8. The van der Waals surface area contributed by atoms with Gasteiger partial charge in [0.2, 0.25) is 0 Å². The van der Waals surface area contributed by atoms with Crippen molar-refractivity contribution < 1.29 is 14.0 Å². The molecule has 0 aliphatic heterocycles. The van der Waals surface area contributed by atoms with Crippen molar-refractivity contribution in [2.75, 3.05) is 28.3 Å². The first-order valence-corrected chi connectivity index (χ1v) is 3.76. The van der Waals surface area contributed by atoms with Crippen molar-refractivity contribution in [2.24, 2.45) is 0 Å². The number of hydrogen-bond donors (Lipinski definition) is 0. The first kappa shape index (κ1) is 10.4. The van der Waals surface area contributed by atoms with Crippen LogP contribution in [0.25, 0.3) is 0 Å². The molecule has 0 aromatic carbocycles. The summed E-state index contributed by atoms with van der Waals surface area (Å²) in [6.07, 6.45) is 0.486. The quantitative estimate of drug-likeness (QED) is 0.447. The van der Waals surface area contributed by atoms with Gasteiger partial charge in [0.15, 0.2) is 0 Å². The molecule has 3 heteroatoms. The van der Waals surface area contributed by atoms with Crippen LogP contribution in [0.15, 0.2) is 0 Å². The molecule has 1 atom stereocenters. The summed E-state index contributed by atoms with van der Waals surface area (Å²) < 4.78 is 5.35. The van der Waals surface area contributed by atoms with E-state index in [1.807, 2.05) is 6.92 Å². The molecule has 0 fully saturated rings. The third-order valence-corrected chi connectivity index (χ3v) is 2.01. The van der Waals surface area contributed by atoms with Crippen molar-refractivity contribution in [1.29, 1.82) is 0 Å². The van der Waals surface area contributed by atoms with Crippen molar-refractivity contribution in [3.05, 3.63) is 0 Å². The zero-order valence-electron chi connectivity index (χ0n) is 8.05. The highest BCUT2D eigenvalue weighted by molar-refractivity contribution is 5.69. The number of nitrogens with zero attached hydrogens (tertiary/aromatic N) is 1. The molecule has 0 N–H and O–H groups in total. The van der Waals surface area contributed by atoms with Gasteiger partial charge in [-0.3, -0.25) is 4.79 Å². The molecule has 3 nitrogen and oxygen atoms in total. The van der Waals surface area contributed by atoms with Gasteiger partial charge in [-0.25, -0.2) is 0 Å². The van der Waals surface area contributed by atoms with Crippen LogP contribution in [0.5, 0.6) is 0 Å². The summed E-state index contributed by atoms with van der Waals surface area (Å²) in [6.45, 7) is 2.04. The van der Waals surface area contributed by atoms with E-state index in [2.05, 4.69) is 25.9 Å². The molecule has 0 saturated heterocycles. The van der Waals surface area contributed by atoms with Gasteiger partial charge in [-0.05, 0) is 6.92 Å². The van der Waals surface area contributed by atoms with Crippen LogP contribution in [0.4, 0.5) is 0 Å². The van der Waals surface area contributed by atoms with E-state index in [-0.39, 0.29) is 5.97 Å². The average Bonchev–Trinajstić information content (AvgIpc) is 1.85. The fourth-order valence-electron chi connectivity index (χ4n) is 0.598. The second-order valence-electron chi connectivity index (χ2n) is 3.75. The lowest BCUT2D eigenvalue weighted by molar-refractivity contribution is -0.893. The molecule has 0 bridgehead atoms. The Labute approximate surface area is 68.5 Å². The van der Waals surface area contributed by atoms with E-state index in [1.54, 1.807) is 0 Å². The smallest absolute Gasteiger partial charge is 0.311 e. The highest BCUT2D eigenvalue weighted by Gasteiger charge is 2.21. The summed E-state index contributed by atoms with van der Waals surface area (Å²) in [5, 5.41) is 0. The Morgan fingerprint density at radius 3 is 2.18 bits per heavy atom. The van der Waals surface area contributed by atoms with Crippen LogP contribution in [0, 0.1) is 0 Å². The number of carbonyl (C=O) groups excluding carboxylic acids is 1. The lowest BCUT2D eigenvalue weighted by atomic mass is 10.2. The summed E-state index contributed by atoms with van der Waals surface area (Å²) in [5.74, 6) is -0.134. The number of ether oxygens (including phenoxy) is 1. The number of esters is 1. The molecule has 0 aliphatic rings. The monoisotopic (exact) mass is 160 g/mol. The maximum Gasteiger partial charge on any atom is 0.311 e. The topological polar surface area (TPSA) is 26.3 Å². The van der Waals surface area contributed by atoms with E-state index in [9.17, 15) is 4.79 Å². The Kier molecular flexibility index (Phi) is 3.52. The van der Waals surface area contributed by atoms with Gasteiger partial charge in [0, 0.05) is 0 Å². The molecule has 0 rings (SSSR count). The van der Waals surface area contributed by atoms with E-state index in [1.165, 1.54) is 7.11 Å². The molecule has 0 unspecified atom stereocenters. The fourth-order valence-corrected chi connectivity index (χ4v) is 0.598. The van der Waals surface area contributed by atoms with Gasteiger partial charge in [-0.2, -0.15) is 0 Å². The predicted molar refractivity (Wildman–Crippen MR) is 44.1 cm³/mol. The van der Waals surface area contributed by atoms with Gasteiger partial charge >= 0.3 is 5.97 Å². The zero-order chi connectivity index (χ0) is 9.07. The van der Waals surface area contributed by atoms with Crippen LogP contribution in [-0.2, 0) is 9.53 Å². The normalized spacial score (nSPS) is 14.3. The van der Waals surface area contributed by atoms with Crippen molar-refractivity contribution in [3.8, 4) is 0 Å². The van der Waals surface area contributed by atoms with E-state index in [4.69, 9.17) is 0 Å². The Balaban J connectivity index is 3.87. The number of carbonyl (C=O) groups is 1. The van der Waals surface area contributed by atoms with Crippen LogP contribution in [-0.4, -0.2) is 44.7 Å². The van der Waals surface area contributed by atoms with Crippen molar-refractivity contribution >= 4 is 5.97 Å². The minimum Gasteiger partial charge on any atom is -0.469 e. The Morgan fingerprint density at radius 2 is 1.91 bits per heavy atom. The number of methoxy groups -OCH3 is 1. The van der Waals surface area contributed by atoms with Gasteiger partial charge in [0.25, 0.3) is 0 Å². The van der Waals surface area contributed by atoms with Crippen LogP contribution in [0.3, 0.4) is 0 Å². The SMILES string of the molecule is COC(=O)C[C@@H](C)[N+](C)(C)C. The summed E-state index contributed by atoms with van der Waals surface area (Å²) in [6, 6.07) is 0.308. The molecule has 0 aromatic rings. The first-order valence-electron chi connectivity index (χ1n) is 3.76. The molecule has 0 heterocycles. The molecule has 0 aromatic heterocycles. The number of quaternary nitrogens is 1. The molecule has 66 valence electrons. The molecule has 0 aliphatic carbocycles. The van der Waals surface area contributed by atoms with E-state index >= 15 is 0 Å². The lowest BCUT2D eigenvalue weighted by Crippen LogP contribution is -2.44. The highest BCUT2D eigenvalue weighted by atomic mass is 16.5. The fraction of sp³-hybridized carbons (Fsp3) is 0.875. The van der Waals surface area contributed by atoms with Crippen LogP contribution < -0.4 is 0 Å². The predicted octanol–water partition coefficient (Wildman–Crippen LogP) is 0.644. The van der Waals surface area contributed by atoms with Gasteiger partial charge in [-0.15, -0.1) is 0 Å². The average molecular weight is 160 g/mol. The van der Waals surface area contributed by atoms with Crippen LogP contribution >= 0.6 is 0 Å². The third kappa shape index (κ3) is 3.98. The Morgan fingerprint density at radius 1 is 1.45 bits per heavy atom. The largest absolute Gasteiger partial charge is 0.469 e. The molecular weight excluding hydrogens is 142 g/mol. The van der Waals surface area contributed by atoms with Crippen molar-refractivity contribution in [3.63, 3.8) is 0 Å². The number of rotatable bonds is 3. The summed E-state index contributed by atoms with van der Waals surface area (Å²) in [7, 11) is 7.61. The maximum atomic E-state index is 10.8. The summed E-state index contributed by atoms with van der Waals surface area (Å²) >= 11 is 0. The van der Waals surface area contributed by atoms with E-state index < -0.39 is 0 Å². The van der Waals surface area contributed by atoms with E-state index in [0.717, 1.165) is 4.48 Å². The van der Waals surface area contributed by atoms with Gasteiger partial charge in [0.1, 0.15) is 0 Å². The minimum atomic E-state index is -0.134. The van der Waals surface area contributed by atoms with Gasteiger partial charge < -0.3 is 9.22 Å². The van der Waals surface area contributed by atoms with Crippen LogP contribution in [0.2, 0.25) is 0 Å². The van der Waals surface area contributed by atoms with Crippen molar-refractivity contribution in [2.45, 2.75) is 19.4 Å². The second-order valence-corrected chi connectivity index (χ2v) is 3.75.